The van der Waals surface area contributed by atoms with Crippen LogP contribution < -0.4 is 5.32 Å². The maximum absolute atomic E-state index is 11.5. The van der Waals surface area contributed by atoms with Crippen molar-refractivity contribution >= 4 is 9.84 Å². The minimum atomic E-state index is -3.28. The Hall–Kier alpha value is -0.950. The van der Waals surface area contributed by atoms with E-state index in [0.717, 1.165) is 12.8 Å². The van der Waals surface area contributed by atoms with Gasteiger partial charge in [0.25, 0.3) is 0 Å². The van der Waals surface area contributed by atoms with Crippen molar-refractivity contribution in [2.24, 2.45) is 0 Å². The molecule has 0 bridgehead atoms. The molecule has 6 nitrogen and oxygen atoms in total. The van der Waals surface area contributed by atoms with E-state index in [9.17, 15) is 8.42 Å². The fourth-order valence-electron chi connectivity index (χ4n) is 0.966. The van der Waals surface area contributed by atoms with Gasteiger partial charge in [-0.15, -0.1) is 0 Å². The zero-order valence-electron chi connectivity index (χ0n) is 9.94. The number of nitrogens with zero attached hydrogens (tertiary/aromatic N) is 2. The van der Waals surface area contributed by atoms with Crippen LogP contribution in [0.15, 0.2) is 4.52 Å². The smallest absolute Gasteiger partial charge is 0.247 e. The molecule has 0 aliphatic heterocycles. The first-order valence-electron chi connectivity index (χ1n) is 5.02. The first-order valence-corrected chi connectivity index (χ1v) is 6.91. The van der Waals surface area contributed by atoms with Gasteiger partial charge in [-0.05, 0) is 20.4 Å². The van der Waals surface area contributed by atoms with Crippen LogP contribution in [0.25, 0.3) is 0 Å². The van der Waals surface area contributed by atoms with Crippen LogP contribution in [0.2, 0.25) is 0 Å². The molecule has 1 rings (SSSR count). The summed E-state index contributed by atoms with van der Waals surface area (Å²) in [4.78, 5) is 4.07. The second-order valence-corrected chi connectivity index (χ2v) is 6.64. The Bertz CT molecular complexity index is 450. The van der Waals surface area contributed by atoms with Crippen LogP contribution in [0, 0.1) is 0 Å². The van der Waals surface area contributed by atoms with Gasteiger partial charge in [-0.2, -0.15) is 4.98 Å². The van der Waals surface area contributed by atoms with Crippen LogP contribution in [-0.4, -0.2) is 31.4 Å². The lowest BCUT2D eigenvalue weighted by atomic mass is 10.2. The Morgan fingerprint density at radius 3 is 2.56 bits per heavy atom. The van der Waals surface area contributed by atoms with Crippen LogP contribution in [0.4, 0.5) is 0 Å². The van der Waals surface area contributed by atoms with E-state index >= 15 is 0 Å². The predicted molar refractivity (Wildman–Crippen MR) is 59.5 cm³/mol. The lowest BCUT2D eigenvalue weighted by Crippen LogP contribution is -2.28. The van der Waals surface area contributed by atoms with Crippen molar-refractivity contribution in [1.29, 1.82) is 0 Å². The average Bonchev–Trinajstić information content (AvgIpc) is 2.61. The summed E-state index contributed by atoms with van der Waals surface area (Å²) in [5.74, 6) is 0.594. The van der Waals surface area contributed by atoms with Gasteiger partial charge in [-0.3, -0.25) is 0 Å². The first kappa shape index (κ1) is 13.1. The monoisotopic (exact) mass is 247 g/mol. The molecule has 0 amide bonds. The van der Waals surface area contributed by atoms with Gasteiger partial charge in [0.1, 0.15) is 4.75 Å². The molecule has 92 valence electrons. The van der Waals surface area contributed by atoms with Crippen LogP contribution in [0.1, 0.15) is 32.5 Å². The third-order valence-electron chi connectivity index (χ3n) is 2.44. The molecule has 1 aromatic rings. The third-order valence-corrected chi connectivity index (χ3v) is 4.47. The van der Waals surface area contributed by atoms with Crippen molar-refractivity contribution in [3.8, 4) is 0 Å². The van der Waals surface area contributed by atoms with Gasteiger partial charge >= 0.3 is 0 Å². The minimum absolute atomic E-state index is 0.128. The van der Waals surface area contributed by atoms with Gasteiger partial charge < -0.3 is 9.84 Å². The van der Waals surface area contributed by atoms with Gasteiger partial charge in [0.15, 0.2) is 15.7 Å². The van der Waals surface area contributed by atoms with Crippen LogP contribution in [0.3, 0.4) is 0 Å². The lowest BCUT2D eigenvalue weighted by Gasteiger charge is -2.16. The summed E-state index contributed by atoms with van der Waals surface area (Å²) in [5.41, 5.74) is 0. The molecule has 16 heavy (non-hydrogen) atoms. The first-order chi connectivity index (χ1) is 7.29. The van der Waals surface area contributed by atoms with E-state index in [4.69, 9.17) is 4.52 Å². The SMILES string of the molecule is CCNCc1noc(C(C)(C)S(C)(=O)=O)n1. The maximum Gasteiger partial charge on any atom is 0.247 e. The number of aromatic nitrogens is 2. The van der Waals surface area contributed by atoms with Gasteiger partial charge in [0, 0.05) is 6.26 Å². The molecule has 0 radical (unpaired) electrons. The van der Waals surface area contributed by atoms with E-state index in [1.165, 1.54) is 0 Å². The van der Waals surface area contributed by atoms with E-state index in [2.05, 4.69) is 15.5 Å². The lowest BCUT2D eigenvalue weighted by molar-refractivity contribution is 0.343. The average molecular weight is 247 g/mol. The van der Waals surface area contributed by atoms with Crippen molar-refractivity contribution in [3.63, 3.8) is 0 Å². The molecule has 1 N–H and O–H groups in total. The molecular formula is C9H17N3O3S. The Balaban J connectivity index is 2.94. The summed E-state index contributed by atoms with van der Waals surface area (Å²) in [6.07, 6.45) is 1.15. The summed E-state index contributed by atoms with van der Waals surface area (Å²) in [6, 6.07) is 0. The van der Waals surface area contributed by atoms with Crippen LogP contribution in [-0.2, 0) is 21.1 Å². The van der Waals surface area contributed by atoms with E-state index in [0.29, 0.717) is 12.4 Å². The Morgan fingerprint density at radius 1 is 1.44 bits per heavy atom. The minimum Gasteiger partial charge on any atom is -0.338 e. The van der Waals surface area contributed by atoms with Gasteiger partial charge in [-0.25, -0.2) is 8.42 Å². The molecule has 0 fully saturated rings. The highest BCUT2D eigenvalue weighted by Crippen LogP contribution is 2.27. The number of hydrogen-bond acceptors (Lipinski definition) is 6. The molecule has 0 saturated heterocycles. The number of rotatable bonds is 5. The number of nitrogens with one attached hydrogen (secondary N) is 1. The van der Waals surface area contributed by atoms with Crippen molar-refractivity contribution in [1.82, 2.24) is 15.5 Å². The summed E-state index contributed by atoms with van der Waals surface area (Å²) in [5, 5.41) is 6.75. The molecule has 0 spiro atoms. The van der Waals surface area contributed by atoms with Gasteiger partial charge in [0.05, 0.1) is 6.54 Å². The Morgan fingerprint density at radius 2 is 2.06 bits per heavy atom. The molecule has 0 atom stereocenters. The highest BCUT2D eigenvalue weighted by molar-refractivity contribution is 7.91. The summed E-state index contributed by atoms with van der Waals surface area (Å²) in [7, 11) is -3.28. The summed E-state index contributed by atoms with van der Waals surface area (Å²) in [6.45, 7) is 6.32. The zero-order chi connectivity index (χ0) is 12.4. The zero-order valence-corrected chi connectivity index (χ0v) is 10.8. The fourth-order valence-corrected chi connectivity index (χ4v) is 1.37. The van der Waals surface area contributed by atoms with E-state index in [-0.39, 0.29) is 5.89 Å². The van der Waals surface area contributed by atoms with Crippen LogP contribution in [0.5, 0.6) is 0 Å². The highest BCUT2D eigenvalue weighted by Gasteiger charge is 2.38. The topological polar surface area (TPSA) is 85.1 Å². The van der Waals surface area contributed by atoms with Gasteiger partial charge in [-0.1, -0.05) is 12.1 Å². The summed E-state index contributed by atoms with van der Waals surface area (Å²) >= 11 is 0. The standard InChI is InChI=1S/C9H17N3O3S/c1-5-10-6-7-11-8(15-12-7)9(2,3)16(4,13)14/h10H,5-6H2,1-4H3. The third kappa shape index (κ3) is 2.59. The van der Waals surface area contributed by atoms with Crippen molar-refractivity contribution in [3.05, 3.63) is 11.7 Å². The Labute approximate surface area is 95.3 Å². The number of hydrogen-bond donors (Lipinski definition) is 1. The fraction of sp³-hybridized carbons (Fsp3) is 0.778. The van der Waals surface area contributed by atoms with Crippen molar-refractivity contribution in [2.45, 2.75) is 32.1 Å². The highest BCUT2D eigenvalue weighted by atomic mass is 32.2. The van der Waals surface area contributed by atoms with E-state index < -0.39 is 14.6 Å². The molecule has 0 aliphatic carbocycles. The Kier molecular flexibility index (Phi) is 3.69. The molecule has 0 saturated carbocycles. The predicted octanol–water partition coefficient (Wildman–Crippen LogP) is 0.459. The molecule has 0 unspecified atom stereocenters. The van der Waals surface area contributed by atoms with Crippen molar-refractivity contribution in [2.75, 3.05) is 12.8 Å². The second kappa shape index (κ2) is 4.50. The van der Waals surface area contributed by atoms with E-state index in [1.807, 2.05) is 6.92 Å². The van der Waals surface area contributed by atoms with E-state index in [1.54, 1.807) is 13.8 Å². The molecule has 0 aliphatic rings. The van der Waals surface area contributed by atoms with Crippen molar-refractivity contribution < 1.29 is 12.9 Å². The normalized spacial score (nSPS) is 13.0. The molecule has 0 aromatic carbocycles. The van der Waals surface area contributed by atoms with Crippen LogP contribution >= 0.6 is 0 Å². The van der Waals surface area contributed by atoms with Gasteiger partial charge in [0.2, 0.25) is 5.89 Å². The number of sulfone groups is 1. The maximum atomic E-state index is 11.5. The molecular weight excluding hydrogens is 230 g/mol. The second-order valence-electron chi connectivity index (χ2n) is 4.08. The molecule has 7 heteroatoms. The quantitative estimate of drug-likeness (QED) is 0.813. The molecule has 1 aromatic heterocycles. The summed E-state index contributed by atoms with van der Waals surface area (Å²) < 4.78 is 26.9. The molecule has 1 heterocycles. The largest absolute Gasteiger partial charge is 0.338 e.